The average Bonchev–Trinajstić information content (AvgIpc) is 2.28. The molecular weight excluding hydrogens is 244 g/mol. The zero-order valence-corrected chi connectivity index (χ0v) is 12.4. The van der Waals surface area contributed by atoms with E-state index in [9.17, 15) is 14.7 Å². The molecule has 0 saturated heterocycles. The lowest BCUT2D eigenvalue weighted by molar-refractivity contribution is -0.150. The van der Waals surface area contributed by atoms with E-state index in [0.717, 1.165) is 6.42 Å². The number of carbonyl (C=O) groups is 2. The molecule has 19 heavy (non-hydrogen) atoms. The van der Waals surface area contributed by atoms with Crippen LogP contribution in [0.2, 0.25) is 0 Å². The molecule has 0 spiro atoms. The van der Waals surface area contributed by atoms with Gasteiger partial charge in [0.05, 0.1) is 11.0 Å². The van der Waals surface area contributed by atoms with Gasteiger partial charge in [-0.2, -0.15) is 0 Å². The van der Waals surface area contributed by atoms with Crippen molar-refractivity contribution < 1.29 is 14.7 Å². The number of hydrogen-bond acceptors (Lipinski definition) is 2. The van der Waals surface area contributed by atoms with Gasteiger partial charge in [0, 0.05) is 13.1 Å². The van der Waals surface area contributed by atoms with E-state index in [1.165, 1.54) is 5.57 Å². The molecule has 0 atom stereocenters. The number of rotatable bonds is 3. The number of nitrogens with zero attached hydrogens (tertiary/aromatic N) is 1. The summed E-state index contributed by atoms with van der Waals surface area (Å²) in [5.41, 5.74) is -0.578. The number of hydrogen-bond donors (Lipinski definition) is 2. The summed E-state index contributed by atoms with van der Waals surface area (Å²) in [6, 6.07) is -0.205. The lowest BCUT2D eigenvalue weighted by Crippen LogP contribution is -2.59. The molecule has 0 unspecified atom stereocenters. The molecular formula is C14H24N2O3. The third-order valence-corrected chi connectivity index (χ3v) is 4.24. The molecule has 1 aliphatic heterocycles. The molecule has 0 aromatic rings. The van der Waals surface area contributed by atoms with E-state index >= 15 is 0 Å². The molecule has 108 valence electrons. The highest BCUT2D eigenvalue weighted by atomic mass is 16.4. The molecule has 0 bridgehead atoms. The summed E-state index contributed by atoms with van der Waals surface area (Å²) in [7, 11) is 0. The van der Waals surface area contributed by atoms with E-state index in [1.807, 2.05) is 13.0 Å². The van der Waals surface area contributed by atoms with Crippen molar-refractivity contribution >= 4 is 12.0 Å². The summed E-state index contributed by atoms with van der Waals surface area (Å²) in [5.74, 6) is -0.924. The average molecular weight is 268 g/mol. The first-order valence-electron chi connectivity index (χ1n) is 6.54. The van der Waals surface area contributed by atoms with Gasteiger partial charge < -0.3 is 15.3 Å². The number of amides is 2. The molecule has 5 nitrogen and oxygen atoms in total. The largest absolute Gasteiger partial charge is 0.481 e. The normalized spacial score (nSPS) is 16.9. The molecule has 1 rings (SSSR count). The molecule has 2 N–H and O–H groups in total. The summed E-state index contributed by atoms with van der Waals surface area (Å²) < 4.78 is 0. The van der Waals surface area contributed by atoms with Crippen LogP contribution in [0.1, 0.15) is 41.0 Å². The fourth-order valence-electron chi connectivity index (χ4n) is 1.73. The third kappa shape index (κ3) is 3.28. The van der Waals surface area contributed by atoms with E-state index < -0.39 is 16.9 Å². The Kier molecular flexibility index (Phi) is 4.28. The van der Waals surface area contributed by atoms with Crippen LogP contribution in [-0.2, 0) is 4.79 Å². The first-order chi connectivity index (χ1) is 8.58. The van der Waals surface area contributed by atoms with Gasteiger partial charge in [-0.1, -0.05) is 11.6 Å². The SMILES string of the molecule is CC1=CCN(C(=O)NC(C)(C)C(C)(C)C(=O)O)CC1. The van der Waals surface area contributed by atoms with Crippen LogP contribution in [0.25, 0.3) is 0 Å². The summed E-state index contributed by atoms with van der Waals surface area (Å²) in [4.78, 5) is 25.2. The standard InChI is InChI=1S/C14H24N2O3/c1-10-6-8-16(9-7-10)12(19)15-14(4,5)13(2,3)11(17)18/h6H,7-9H2,1-5H3,(H,15,19)(H,17,18). The Hall–Kier alpha value is -1.52. The predicted molar refractivity (Wildman–Crippen MR) is 74.0 cm³/mol. The lowest BCUT2D eigenvalue weighted by atomic mass is 9.74. The van der Waals surface area contributed by atoms with Crippen LogP contribution in [-0.4, -0.2) is 40.6 Å². The van der Waals surface area contributed by atoms with Crippen LogP contribution < -0.4 is 5.32 Å². The molecule has 1 aliphatic rings. The zero-order chi connectivity index (χ0) is 14.8. The highest BCUT2D eigenvalue weighted by molar-refractivity contribution is 5.80. The van der Waals surface area contributed by atoms with Crippen LogP contribution in [0.4, 0.5) is 4.79 Å². The molecule has 0 aromatic heterocycles. The monoisotopic (exact) mass is 268 g/mol. The van der Waals surface area contributed by atoms with Gasteiger partial charge >= 0.3 is 12.0 Å². The number of urea groups is 1. The molecule has 1 heterocycles. The minimum absolute atomic E-state index is 0.205. The number of carbonyl (C=O) groups excluding carboxylic acids is 1. The van der Waals surface area contributed by atoms with E-state index in [0.29, 0.717) is 13.1 Å². The van der Waals surface area contributed by atoms with Gasteiger partial charge in [-0.3, -0.25) is 4.79 Å². The first-order valence-corrected chi connectivity index (χ1v) is 6.54. The summed E-state index contributed by atoms with van der Waals surface area (Å²) in [6.45, 7) is 10.0. The van der Waals surface area contributed by atoms with E-state index in [-0.39, 0.29) is 6.03 Å². The van der Waals surface area contributed by atoms with Gasteiger partial charge in [-0.05, 0) is 41.0 Å². The van der Waals surface area contributed by atoms with E-state index in [1.54, 1.807) is 32.6 Å². The fourth-order valence-corrected chi connectivity index (χ4v) is 1.73. The Morgan fingerprint density at radius 3 is 2.32 bits per heavy atom. The number of nitrogens with one attached hydrogen (secondary N) is 1. The lowest BCUT2D eigenvalue weighted by Gasteiger charge is -2.40. The Labute approximate surface area is 114 Å². The van der Waals surface area contributed by atoms with Gasteiger partial charge in [0.2, 0.25) is 0 Å². The Morgan fingerprint density at radius 2 is 1.89 bits per heavy atom. The van der Waals surface area contributed by atoms with Crippen molar-refractivity contribution in [1.29, 1.82) is 0 Å². The van der Waals surface area contributed by atoms with Gasteiger partial charge in [0.1, 0.15) is 0 Å². The van der Waals surface area contributed by atoms with Crippen molar-refractivity contribution in [1.82, 2.24) is 10.2 Å². The highest BCUT2D eigenvalue weighted by Crippen LogP contribution is 2.31. The summed E-state index contributed by atoms with van der Waals surface area (Å²) in [5, 5.41) is 12.1. The van der Waals surface area contributed by atoms with Crippen LogP contribution in [0.5, 0.6) is 0 Å². The smallest absolute Gasteiger partial charge is 0.318 e. The second-order valence-electron chi connectivity index (χ2n) is 6.23. The molecule has 0 fully saturated rings. The number of aliphatic carboxylic acids is 1. The third-order valence-electron chi connectivity index (χ3n) is 4.24. The van der Waals surface area contributed by atoms with E-state index in [4.69, 9.17) is 0 Å². The second kappa shape index (κ2) is 5.23. The maximum absolute atomic E-state index is 12.2. The molecule has 0 radical (unpaired) electrons. The number of carboxylic acid groups (broad SMARTS) is 1. The van der Waals surface area contributed by atoms with Crippen LogP contribution >= 0.6 is 0 Å². The van der Waals surface area contributed by atoms with Gasteiger partial charge in [-0.15, -0.1) is 0 Å². The van der Waals surface area contributed by atoms with Gasteiger partial charge in [-0.25, -0.2) is 4.79 Å². The zero-order valence-electron chi connectivity index (χ0n) is 12.4. The van der Waals surface area contributed by atoms with Crippen molar-refractivity contribution in [2.75, 3.05) is 13.1 Å². The molecule has 0 saturated carbocycles. The van der Waals surface area contributed by atoms with Crippen molar-refractivity contribution in [3.8, 4) is 0 Å². The van der Waals surface area contributed by atoms with Crippen LogP contribution in [0.15, 0.2) is 11.6 Å². The van der Waals surface area contributed by atoms with Crippen molar-refractivity contribution in [2.45, 2.75) is 46.6 Å². The Morgan fingerprint density at radius 1 is 1.32 bits per heavy atom. The summed E-state index contributed by atoms with van der Waals surface area (Å²) in [6.07, 6.45) is 2.90. The Balaban J connectivity index is 2.73. The van der Waals surface area contributed by atoms with E-state index in [2.05, 4.69) is 5.32 Å². The van der Waals surface area contributed by atoms with Crippen molar-refractivity contribution in [3.05, 3.63) is 11.6 Å². The fraction of sp³-hybridized carbons (Fsp3) is 0.714. The molecule has 0 aliphatic carbocycles. The van der Waals surface area contributed by atoms with Crippen molar-refractivity contribution in [2.24, 2.45) is 5.41 Å². The predicted octanol–water partition coefficient (Wildman–Crippen LogP) is 2.24. The maximum atomic E-state index is 12.2. The minimum Gasteiger partial charge on any atom is -0.481 e. The maximum Gasteiger partial charge on any atom is 0.318 e. The van der Waals surface area contributed by atoms with Crippen molar-refractivity contribution in [3.63, 3.8) is 0 Å². The second-order valence-corrected chi connectivity index (χ2v) is 6.23. The van der Waals surface area contributed by atoms with Crippen LogP contribution in [0, 0.1) is 5.41 Å². The van der Waals surface area contributed by atoms with Crippen LogP contribution in [0.3, 0.4) is 0 Å². The van der Waals surface area contributed by atoms with Gasteiger partial charge in [0.25, 0.3) is 0 Å². The topological polar surface area (TPSA) is 69.6 Å². The summed E-state index contributed by atoms with van der Waals surface area (Å²) >= 11 is 0. The molecule has 2 amide bonds. The highest BCUT2D eigenvalue weighted by Gasteiger charge is 2.45. The number of carboxylic acids is 1. The minimum atomic E-state index is -1.04. The van der Waals surface area contributed by atoms with Gasteiger partial charge in [0.15, 0.2) is 0 Å². The molecule has 5 heteroatoms. The Bertz CT molecular complexity index is 411. The first kappa shape index (κ1) is 15.5. The molecule has 0 aromatic carbocycles. The quantitative estimate of drug-likeness (QED) is 0.771.